The maximum absolute atomic E-state index is 13.1. The molecule has 0 aliphatic carbocycles. The predicted molar refractivity (Wildman–Crippen MR) is 108 cm³/mol. The maximum Gasteiger partial charge on any atom is 0.340 e. The van der Waals surface area contributed by atoms with Gasteiger partial charge in [-0.25, -0.2) is 9.18 Å². The van der Waals surface area contributed by atoms with E-state index in [1.54, 1.807) is 44.5 Å². The monoisotopic (exact) mass is 416 g/mol. The largest absolute Gasteiger partial charge is 0.462 e. The lowest BCUT2D eigenvalue weighted by molar-refractivity contribution is 0.0525. The zero-order valence-corrected chi connectivity index (χ0v) is 17.4. The third-order valence-electron chi connectivity index (χ3n) is 4.47. The number of aromatic nitrogens is 4. The number of thioether (sulfide) groups is 1. The molecule has 152 valence electrons. The van der Waals surface area contributed by atoms with Crippen molar-refractivity contribution in [2.24, 2.45) is 7.05 Å². The summed E-state index contributed by atoms with van der Waals surface area (Å²) in [6.07, 6.45) is 0. The van der Waals surface area contributed by atoms with Gasteiger partial charge in [-0.15, -0.1) is 10.2 Å². The number of hydrogen-bond acceptors (Lipinski definition) is 6. The van der Waals surface area contributed by atoms with Crippen LogP contribution in [-0.4, -0.2) is 43.9 Å². The molecule has 9 heteroatoms. The minimum Gasteiger partial charge on any atom is -0.462 e. The Bertz CT molecular complexity index is 1060. The van der Waals surface area contributed by atoms with Gasteiger partial charge in [0, 0.05) is 18.3 Å². The summed E-state index contributed by atoms with van der Waals surface area (Å²) in [5.41, 5.74) is 2.70. The van der Waals surface area contributed by atoms with Gasteiger partial charge in [-0.2, -0.15) is 0 Å². The number of halogens is 1. The number of ketones is 1. The van der Waals surface area contributed by atoms with Gasteiger partial charge in [0.2, 0.25) is 0 Å². The second-order valence-corrected chi connectivity index (χ2v) is 7.37. The molecule has 2 aromatic heterocycles. The van der Waals surface area contributed by atoms with Crippen LogP contribution in [0.1, 0.15) is 39.0 Å². The number of aryl methyl sites for hydroxylation is 1. The Kier molecular flexibility index (Phi) is 6.17. The van der Waals surface area contributed by atoms with Crippen LogP contribution < -0.4 is 0 Å². The van der Waals surface area contributed by atoms with E-state index in [0.29, 0.717) is 33.5 Å². The first-order valence-electron chi connectivity index (χ1n) is 9.01. The van der Waals surface area contributed by atoms with Crippen molar-refractivity contribution in [3.63, 3.8) is 0 Å². The Morgan fingerprint density at radius 2 is 1.90 bits per heavy atom. The van der Waals surface area contributed by atoms with Gasteiger partial charge in [-0.1, -0.05) is 11.8 Å². The van der Waals surface area contributed by atoms with E-state index in [0.717, 1.165) is 5.56 Å². The molecule has 0 aliphatic rings. The van der Waals surface area contributed by atoms with Gasteiger partial charge >= 0.3 is 5.97 Å². The molecular weight excluding hydrogens is 395 g/mol. The second-order valence-electron chi connectivity index (χ2n) is 6.43. The molecule has 0 saturated carbocycles. The van der Waals surface area contributed by atoms with Crippen molar-refractivity contribution in [3.8, 4) is 11.4 Å². The van der Waals surface area contributed by atoms with E-state index in [-0.39, 0.29) is 24.0 Å². The minimum absolute atomic E-state index is 0.123. The summed E-state index contributed by atoms with van der Waals surface area (Å²) in [5, 5.41) is 8.82. The fourth-order valence-electron chi connectivity index (χ4n) is 3.03. The lowest BCUT2D eigenvalue weighted by Crippen LogP contribution is -2.08. The molecule has 7 nitrogen and oxygen atoms in total. The summed E-state index contributed by atoms with van der Waals surface area (Å²) < 4.78 is 19.9. The minimum atomic E-state index is -0.442. The van der Waals surface area contributed by atoms with Crippen molar-refractivity contribution >= 4 is 23.5 Å². The molecule has 0 saturated heterocycles. The normalized spacial score (nSPS) is 10.9. The number of carbonyl (C=O) groups is 2. The Morgan fingerprint density at radius 1 is 1.21 bits per heavy atom. The Hall–Kier alpha value is -2.94. The van der Waals surface area contributed by atoms with Crippen molar-refractivity contribution in [1.29, 1.82) is 0 Å². The van der Waals surface area contributed by atoms with E-state index in [1.165, 1.54) is 23.9 Å². The third-order valence-corrected chi connectivity index (χ3v) is 5.49. The number of ether oxygens (including phenoxy) is 1. The summed E-state index contributed by atoms with van der Waals surface area (Å²) in [6.45, 7) is 5.47. The van der Waals surface area contributed by atoms with Gasteiger partial charge in [-0.05, 0) is 50.6 Å². The zero-order valence-electron chi connectivity index (χ0n) is 16.6. The number of esters is 1. The van der Waals surface area contributed by atoms with Gasteiger partial charge in [0.15, 0.2) is 16.8 Å². The third kappa shape index (κ3) is 4.24. The van der Waals surface area contributed by atoms with E-state index >= 15 is 0 Å². The molecule has 1 aromatic carbocycles. The number of nitrogens with one attached hydrogen (secondary N) is 1. The first-order valence-corrected chi connectivity index (χ1v) is 9.99. The van der Waals surface area contributed by atoms with Gasteiger partial charge in [0.25, 0.3) is 0 Å². The highest BCUT2D eigenvalue weighted by molar-refractivity contribution is 7.99. The maximum atomic E-state index is 13.1. The first-order chi connectivity index (χ1) is 13.8. The summed E-state index contributed by atoms with van der Waals surface area (Å²) in [6, 6.07) is 5.97. The molecule has 29 heavy (non-hydrogen) atoms. The molecule has 3 rings (SSSR count). The molecule has 0 unspecified atom stereocenters. The van der Waals surface area contributed by atoms with E-state index in [9.17, 15) is 14.0 Å². The Balaban J connectivity index is 1.74. The van der Waals surface area contributed by atoms with E-state index < -0.39 is 5.97 Å². The highest BCUT2D eigenvalue weighted by Crippen LogP contribution is 2.25. The smallest absolute Gasteiger partial charge is 0.340 e. The van der Waals surface area contributed by atoms with E-state index in [2.05, 4.69) is 15.2 Å². The van der Waals surface area contributed by atoms with Crippen LogP contribution in [0.3, 0.4) is 0 Å². The molecule has 2 heterocycles. The van der Waals surface area contributed by atoms with Crippen molar-refractivity contribution < 1.29 is 18.7 Å². The lowest BCUT2D eigenvalue weighted by Gasteiger charge is -2.04. The summed E-state index contributed by atoms with van der Waals surface area (Å²) >= 11 is 1.24. The first kappa shape index (κ1) is 20.8. The number of Topliss-reactive ketones (excluding diaryl/α,β-unsaturated/α-hetero) is 1. The van der Waals surface area contributed by atoms with Gasteiger partial charge in [0.1, 0.15) is 5.82 Å². The van der Waals surface area contributed by atoms with Crippen LogP contribution in [-0.2, 0) is 11.8 Å². The number of rotatable bonds is 7. The molecule has 0 radical (unpaired) electrons. The fraction of sp³-hybridized carbons (Fsp3) is 0.300. The summed E-state index contributed by atoms with van der Waals surface area (Å²) in [5.74, 6) is -0.218. The molecule has 0 bridgehead atoms. The van der Waals surface area contributed by atoms with Crippen LogP contribution in [0.25, 0.3) is 11.4 Å². The molecule has 0 amide bonds. The fourth-order valence-corrected chi connectivity index (χ4v) is 3.81. The van der Waals surface area contributed by atoms with Gasteiger partial charge < -0.3 is 14.3 Å². The topological polar surface area (TPSA) is 89.9 Å². The average molecular weight is 416 g/mol. The molecule has 0 fully saturated rings. The second kappa shape index (κ2) is 8.60. The van der Waals surface area contributed by atoms with Crippen molar-refractivity contribution in [2.45, 2.75) is 25.9 Å². The van der Waals surface area contributed by atoms with Crippen molar-refractivity contribution in [2.75, 3.05) is 12.4 Å². The summed E-state index contributed by atoms with van der Waals surface area (Å²) in [7, 11) is 1.79. The molecular formula is C20H21FN4O3S. The molecule has 0 spiro atoms. The standard InChI is InChI=1S/C20H21FN4O3S/c1-5-28-19(27)16-11(2)17(22-12(16)3)15(26)10-29-20-24-23-18(25(20)4)13-6-8-14(21)9-7-13/h6-9,22H,5,10H2,1-4H3. The van der Waals surface area contributed by atoms with Gasteiger partial charge in [-0.3, -0.25) is 4.79 Å². The molecule has 0 atom stereocenters. The lowest BCUT2D eigenvalue weighted by atomic mass is 10.1. The zero-order chi connectivity index (χ0) is 21.1. The van der Waals surface area contributed by atoms with Crippen molar-refractivity contribution in [1.82, 2.24) is 19.7 Å². The van der Waals surface area contributed by atoms with Crippen LogP contribution in [0.15, 0.2) is 29.4 Å². The Labute approximate surface area is 171 Å². The van der Waals surface area contributed by atoms with E-state index in [1.807, 2.05) is 0 Å². The highest BCUT2D eigenvalue weighted by atomic mass is 32.2. The summed E-state index contributed by atoms with van der Waals surface area (Å²) in [4.78, 5) is 27.8. The van der Waals surface area contributed by atoms with Crippen LogP contribution >= 0.6 is 11.8 Å². The number of nitrogens with zero attached hydrogens (tertiary/aromatic N) is 3. The predicted octanol–water partition coefficient (Wildman–Crippen LogP) is 3.72. The molecule has 1 N–H and O–H groups in total. The van der Waals surface area contributed by atoms with E-state index in [4.69, 9.17) is 4.74 Å². The highest BCUT2D eigenvalue weighted by Gasteiger charge is 2.23. The van der Waals surface area contributed by atoms with Crippen LogP contribution in [0.2, 0.25) is 0 Å². The Morgan fingerprint density at radius 3 is 2.55 bits per heavy atom. The quantitative estimate of drug-likeness (QED) is 0.359. The van der Waals surface area contributed by atoms with Crippen molar-refractivity contribution in [3.05, 3.63) is 52.6 Å². The molecule has 0 aliphatic heterocycles. The van der Waals surface area contributed by atoms with Crippen LogP contribution in [0, 0.1) is 19.7 Å². The average Bonchev–Trinajstić information content (AvgIpc) is 3.20. The SMILES string of the molecule is CCOC(=O)c1c(C)[nH]c(C(=O)CSc2nnc(-c3ccc(F)cc3)n2C)c1C. The number of hydrogen-bond donors (Lipinski definition) is 1. The van der Waals surface area contributed by atoms with Crippen LogP contribution in [0.4, 0.5) is 4.39 Å². The molecule has 3 aromatic rings. The number of carbonyl (C=O) groups excluding carboxylic acids is 2. The number of H-pyrrole nitrogens is 1. The van der Waals surface area contributed by atoms with Gasteiger partial charge in [0.05, 0.1) is 23.6 Å². The number of aromatic amines is 1. The number of benzene rings is 1. The van der Waals surface area contributed by atoms with Crippen LogP contribution in [0.5, 0.6) is 0 Å².